The molecule has 0 saturated carbocycles. The van der Waals surface area contributed by atoms with Crippen molar-refractivity contribution in [2.75, 3.05) is 39.0 Å². The zero-order chi connectivity index (χ0) is 18.3. The molecule has 0 atom stereocenters. The molecule has 0 aromatic heterocycles. The maximum Gasteiger partial charge on any atom is 0.214 e. The van der Waals surface area contributed by atoms with Gasteiger partial charge in [-0.3, -0.25) is 4.99 Å². The molecule has 0 amide bonds. The summed E-state index contributed by atoms with van der Waals surface area (Å²) in [4.78, 5) is 4.18. The lowest BCUT2D eigenvalue weighted by atomic mass is 10.1. The van der Waals surface area contributed by atoms with E-state index in [-0.39, 0.29) is 29.7 Å². The van der Waals surface area contributed by atoms with Crippen LogP contribution in [0, 0.1) is 6.92 Å². The summed E-state index contributed by atoms with van der Waals surface area (Å²) in [5.74, 6) is 1.77. The van der Waals surface area contributed by atoms with Gasteiger partial charge in [-0.1, -0.05) is 12.1 Å². The van der Waals surface area contributed by atoms with Crippen molar-refractivity contribution in [3.05, 3.63) is 29.3 Å². The highest BCUT2D eigenvalue weighted by Gasteiger charge is 2.27. The van der Waals surface area contributed by atoms with Gasteiger partial charge in [-0.15, -0.1) is 24.0 Å². The molecule has 1 aliphatic heterocycles. The highest BCUT2D eigenvalue weighted by molar-refractivity contribution is 14.0. The first kappa shape index (κ1) is 23.0. The summed E-state index contributed by atoms with van der Waals surface area (Å²) in [7, 11) is -1.35. The predicted octanol–water partition coefficient (Wildman–Crippen LogP) is 1.71. The molecule has 0 radical (unpaired) electrons. The number of guanidine groups is 1. The first-order chi connectivity index (χ1) is 12.0. The fraction of sp³-hybridized carbons (Fsp3) is 0.588. The minimum absolute atomic E-state index is 0. The van der Waals surface area contributed by atoms with Crippen molar-refractivity contribution in [1.29, 1.82) is 0 Å². The molecule has 148 valence electrons. The molecule has 0 unspecified atom stereocenters. The predicted molar refractivity (Wildman–Crippen MR) is 116 cm³/mol. The van der Waals surface area contributed by atoms with E-state index in [1.165, 1.54) is 4.31 Å². The molecule has 1 saturated heterocycles. The maximum absolute atomic E-state index is 11.8. The number of aliphatic imine (C=N–C) groups is 1. The van der Waals surface area contributed by atoms with Crippen LogP contribution in [-0.4, -0.2) is 57.7 Å². The zero-order valence-electron chi connectivity index (χ0n) is 15.6. The Kier molecular flexibility index (Phi) is 9.66. The van der Waals surface area contributed by atoms with Gasteiger partial charge >= 0.3 is 0 Å². The fourth-order valence-corrected chi connectivity index (χ4v) is 4.27. The third-order valence-corrected chi connectivity index (χ3v) is 6.01. The van der Waals surface area contributed by atoms with Crippen LogP contribution in [-0.2, 0) is 16.6 Å². The molecule has 1 aliphatic rings. The standard InChI is InChI=1S/C17H28N4O3S.HI/c1-4-24-16-12-14(2)6-7-15(16)13-20-17(18-3)19-8-10-21-9-5-11-25(21,22)23;/h6-7,12H,4-5,8-11,13H2,1-3H3,(H2,18,19,20);1H. The molecular weight excluding hydrogens is 467 g/mol. The SMILES string of the molecule is CCOc1cc(C)ccc1CNC(=NC)NCCN1CCCS1(=O)=O.I. The van der Waals surface area contributed by atoms with Gasteiger partial charge in [0.2, 0.25) is 10.0 Å². The molecule has 9 heteroatoms. The van der Waals surface area contributed by atoms with Crippen molar-refractivity contribution in [3.8, 4) is 5.75 Å². The van der Waals surface area contributed by atoms with Crippen molar-refractivity contribution in [2.24, 2.45) is 4.99 Å². The van der Waals surface area contributed by atoms with Crippen LogP contribution in [0.1, 0.15) is 24.5 Å². The van der Waals surface area contributed by atoms with E-state index in [0.29, 0.717) is 45.2 Å². The molecule has 0 aliphatic carbocycles. The van der Waals surface area contributed by atoms with E-state index in [1.54, 1.807) is 7.05 Å². The second-order valence-corrected chi connectivity index (χ2v) is 8.05. The van der Waals surface area contributed by atoms with Gasteiger partial charge in [0, 0.05) is 38.8 Å². The van der Waals surface area contributed by atoms with Crippen LogP contribution in [0.2, 0.25) is 0 Å². The third kappa shape index (κ3) is 6.58. The van der Waals surface area contributed by atoms with E-state index >= 15 is 0 Å². The van der Waals surface area contributed by atoms with Crippen LogP contribution >= 0.6 is 24.0 Å². The lowest BCUT2D eigenvalue weighted by molar-refractivity contribution is 0.336. The summed E-state index contributed by atoms with van der Waals surface area (Å²) in [5, 5.41) is 6.40. The van der Waals surface area contributed by atoms with E-state index in [0.717, 1.165) is 16.9 Å². The average molecular weight is 496 g/mol. The highest BCUT2D eigenvalue weighted by atomic mass is 127. The van der Waals surface area contributed by atoms with Gasteiger partial charge in [0.15, 0.2) is 5.96 Å². The minimum atomic E-state index is -3.05. The maximum atomic E-state index is 11.8. The zero-order valence-corrected chi connectivity index (χ0v) is 18.8. The van der Waals surface area contributed by atoms with Gasteiger partial charge in [-0.25, -0.2) is 12.7 Å². The fourth-order valence-electron chi connectivity index (χ4n) is 2.74. The van der Waals surface area contributed by atoms with Crippen molar-refractivity contribution in [2.45, 2.75) is 26.8 Å². The lowest BCUT2D eigenvalue weighted by Crippen LogP contribution is -2.41. The number of rotatable bonds is 7. The van der Waals surface area contributed by atoms with Crippen molar-refractivity contribution in [1.82, 2.24) is 14.9 Å². The Bertz CT molecular complexity index is 710. The quantitative estimate of drug-likeness (QED) is 0.341. The normalized spacial score (nSPS) is 16.8. The highest BCUT2D eigenvalue weighted by Crippen LogP contribution is 2.20. The Morgan fingerprint density at radius 2 is 2.12 bits per heavy atom. The number of ether oxygens (including phenoxy) is 1. The van der Waals surface area contributed by atoms with E-state index < -0.39 is 10.0 Å². The topological polar surface area (TPSA) is 83.0 Å². The molecule has 2 rings (SSSR count). The van der Waals surface area contributed by atoms with E-state index in [4.69, 9.17) is 4.74 Å². The number of hydrogen-bond acceptors (Lipinski definition) is 4. The van der Waals surface area contributed by atoms with Crippen LogP contribution in [0.3, 0.4) is 0 Å². The van der Waals surface area contributed by atoms with E-state index in [2.05, 4.69) is 15.6 Å². The number of benzene rings is 1. The van der Waals surface area contributed by atoms with Crippen LogP contribution in [0.25, 0.3) is 0 Å². The molecule has 0 spiro atoms. The monoisotopic (exact) mass is 496 g/mol. The molecule has 1 aromatic carbocycles. The van der Waals surface area contributed by atoms with Gasteiger partial charge < -0.3 is 15.4 Å². The molecular formula is C17H29IN4O3S. The summed E-state index contributed by atoms with van der Waals surface area (Å²) >= 11 is 0. The van der Waals surface area contributed by atoms with Crippen molar-refractivity contribution < 1.29 is 13.2 Å². The lowest BCUT2D eigenvalue weighted by Gasteiger charge is -2.17. The Hall–Kier alpha value is -1.07. The number of nitrogens with zero attached hydrogens (tertiary/aromatic N) is 2. The largest absolute Gasteiger partial charge is 0.494 e. The summed E-state index contributed by atoms with van der Waals surface area (Å²) in [6, 6.07) is 6.11. The molecule has 1 fully saturated rings. The number of sulfonamides is 1. The second-order valence-electron chi connectivity index (χ2n) is 5.97. The van der Waals surface area contributed by atoms with Gasteiger partial charge in [-0.05, 0) is 31.9 Å². The second kappa shape index (κ2) is 10.9. The number of hydrogen-bond donors (Lipinski definition) is 2. The van der Waals surface area contributed by atoms with E-state index in [9.17, 15) is 8.42 Å². The molecule has 1 aromatic rings. The van der Waals surface area contributed by atoms with Crippen LogP contribution in [0.5, 0.6) is 5.75 Å². The van der Waals surface area contributed by atoms with Crippen molar-refractivity contribution >= 4 is 40.0 Å². The smallest absolute Gasteiger partial charge is 0.214 e. The minimum Gasteiger partial charge on any atom is -0.494 e. The Morgan fingerprint density at radius 3 is 2.73 bits per heavy atom. The van der Waals surface area contributed by atoms with Gasteiger partial charge in [0.1, 0.15) is 5.75 Å². The summed E-state index contributed by atoms with van der Waals surface area (Å²) < 4.78 is 30.8. The first-order valence-electron chi connectivity index (χ1n) is 8.61. The van der Waals surface area contributed by atoms with Crippen LogP contribution in [0.4, 0.5) is 0 Å². The molecule has 7 nitrogen and oxygen atoms in total. The van der Waals surface area contributed by atoms with Crippen molar-refractivity contribution in [3.63, 3.8) is 0 Å². The summed E-state index contributed by atoms with van der Waals surface area (Å²) in [5.41, 5.74) is 2.21. The Labute approximate surface area is 173 Å². The Morgan fingerprint density at radius 1 is 1.35 bits per heavy atom. The third-order valence-electron chi connectivity index (χ3n) is 4.05. The summed E-state index contributed by atoms with van der Waals surface area (Å²) in [6.45, 7) is 6.78. The van der Waals surface area contributed by atoms with Gasteiger partial charge in [0.05, 0.1) is 12.4 Å². The first-order valence-corrected chi connectivity index (χ1v) is 10.2. The summed E-state index contributed by atoms with van der Waals surface area (Å²) in [6.07, 6.45) is 0.711. The number of halogens is 1. The molecule has 0 bridgehead atoms. The van der Waals surface area contributed by atoms with Gasteiger partial charge in [0.25, 0.3) is 0 Å². The molecule has 26 heavy (non-hydrogen) atoms. The van der Waals surface area contributed by atoms with Crippen LogP contribution in [0.15, 0.2) is 23.2 Å². The van der Waals surface area contributed by atoms with Crippen LogP contribution < -0.4 is 15.4 Å². The number of aryl methyl sites for hydroxylation is 1. The molecule has 1 heterocycles. The Balaban J connectivity index is 0.00000338. The number of nitrogens with one attached hydrogen (secondary N) is 2. The van der Waals surface area contributed by atoms with Gasteiger partial charge in [-0.2, -0.15) is 0 Å². The van der Waals surface area contributed by atoms with E-state index in [1.807, 2.05) is 32.0 Å². The average Bonchev–Trinajstić information content (AvgIpc) is 2.91. The molecule has 2 N–H and O–H groups in total.